The summed E-state index contributed by atoms with van der Waals surface area (Å²) < 4.78 is 16.6. The number of halogens is 1. The van der Waals surface area contributed by atoms with Gasteiger partial charge in [0.1, 0.15) is 0 Å². The monoisotopic (exact) mass is 292 g/mol. The van der Waals surface area contributed by atoms with E-state index in [0.717, 1.165) is 6.42 Å². The Balaban J connectivity index is 1.93. The molecule has 2 fully saturated rings. The van der Waals surface area contributed by atoms with E-state index >= 15 is 0 Å². The Hall–Kier alpha value is 0.545. The zero-order valence-corrected chi connectivity index (χ0v) is 9.48. The van der Waals surface area contributed by atoms with Gasteiger partial charge in [-0.2, -0.15) is 0 Å². The van der Waals surface area contributed by atoms with Crippen molar-refractivity contribution < 1.29 is 12.5 Å². The second kappa shape index (κ2) is 2.78. The summed E-state index contributed by atoms with van der Waals surface area (Å²) >= 11 is 1.98. The molecule has 70 valence electrons. The van der Waals surface area contributed by atoms with Crippen molar-refractivity contribution in [3.05, 3.63) is 0 Å². The van der Waals surface area contributed by atoms with E-state index in [2.05, 4.69) is 6.92 Å². The van der Waals surface area contributed by atoms with Gasteiger partial charge < -0.3 is 0 Å². The molecule has 5 heteroatoms. The second-order valence-electron chi connectivity index (χ2n) is 4.03. The van der Waals surface area contributed by atoms with E-state index in [0.29, 0.717) is 18.5 Å². The molecule has 4 atom stereocenters. The molecule has 3 rings (SSSR count). The van der Waals surface area contributed by atoms with Crippen LogP contribution in [0.2, 0.25) is 0 Å². The van der Waals surface area contributed by atoms with Gasteiger partial charge in [0.15, 0.2) is 0 Å². The van der Waals surface area contributed by atoms with Crippen molar-refractivity contribution in [1.82, 2.24) is 0 Å². The number of methoxy groups -OCH3 is 1. The van der Waals surface area contributed by atoms with Crippen LogP contribution in [0.4, 0.5) is 0 Å². The van der Waals surface area contributed by atoms with Crippen LogP contribution >= 0.6 is 23.0 Å². The molecule has 1 saturated heterocycles. The van der Waals surface area contributed by atoms with E-state index in [1.165, 1.54) is 5.46 Å². The predicted octanol–water partition coefficient (Wildman–Crippen LogP) is 0.373. The van der Waals surface area contributed by atoms with Gasteiger partial charge in [-0.25, -0.2) is 0 Å². The van der Waals surface area contributed by atoms with Crippen molar-refractivity contribution in [3.63, 3.8) is 0 Å². The van der Waals surface area contributed by atoms with Crippen LogP contribution in [0.25, 0.3) is 0 Å². The maximum atomic E-state index is 5.93. The summed E-state index contributed by atoms with van der Waals surface area (Å²) in [6.07, 6.45) is 1.20. The molecule has 2 unspecified atom stereocenters. The first kappa shape index (κ1) is 8.82. The summed E-state index contributed by atoms with van der Waals surface area (Å²) in [5.41, 5.74) is 1.34. The summed E-state index contributed by atoms with van der Waals surface area (Å²) in [6.45, 7) is 2.86. The summed E-state index contributed by atoms with van der Waals surface area (Å²) in [5.74, 6) is 0.520. The Morgan fingerprint density at radius 2 is 2.62 bits per heavy atom. The first-order chi connectivity index (χ1) is 6.30. The fraction of sp³-hybridized carbons (Fsp3) is 0.875. The van der Waals surface area contributed by atoms with Crippen LogP contribution < -0.4 is 0 Å². The van der Waals surface area contributed by atoms with Crippen LogP contribution in [0.1, 0.15) is 6.42 Å². The maximum absolute atomic E-state index is 5.93. The Morgan fingerprint density at radius 3 is 3.15 bits per heavy atom. The average Bonchev–Trinajstić information content (AvgIpc) is 2.49. The summed E-state index contributed by atoms with van der Waals surface area (Å²) in [5, 5.41) is 0. The van der Waals surface area contributed by atoms with Gasteiger partial charge in [0.05, 0.1) is 0 Å². The van der Waals surface area contributed by atoms with Crippen LogP contribution in [-0.4, -0.2) is 43.8 Å². The van der Waals surface area contributed by atoms with Crippen molar-refractivity contribution in [2.75, 3.05) is 13.7 Å². The molecule has 0 amide bonds. The fourth-order valence-corrected chi connectivity index (χ4v) is 3.65. The molecule has 1 aliphatic carbocycles. The van der Waals surface area contributed by atoms with E-state index < -0.39 is 0 Å². The number of ether oxygens (including phenoxy) is 2. The number of hydrogen-bond acceptors (Lipinski definition) is 3. The molecule has 0 spiro atoms. The molecule has 13 heavy (non-hydrogen) atoms. The Morgan fingerprint density at radius 1 is 1.77 bits per heavy atom. The van der Waals surface area contributed by atoms with Gasteiger partial charge in [-0.1, -0.05) is 0 Å². The van der Waals surface area contributed by atoms with Gasteiger partial charge in [-0.15, -0.1) is 0 Å². The molecule has 3 nitrogen and oxygen atoms in total. The minimum absolute atomic E-state index is 0.171. The quantitative estimate of drug-likeness (QED) is 0.556. The Kier molecular flexibility index (Phi) is 1.88. The van der Waals surface area contributed by atoms with Gasteiger partial charge in [0, 0.05) is 0 Å². The van der Waals surface area contributed by atoms with Gasteiger partial charge >= 0.3 is 91.7 Å². The molecule has 0 radical (unpaired) electrons. The predicted molar refractivity (Wildman–Crippen MR) is 57.2 cm³/mol. The van der Waals surface area contributed by atoms with E-state index in [1.54, 1.807) is 7.11 Å². The van der Waals surface area contributed by atoms with Crippen molar-refractivity contribution >= 4 is 35.4 Å². The normalized spacial score (nSPS) is 50.0. The van der Waals surface area contributed by atoms with Crippen molar-refractivity contribution in [2.45, 2.75) is 24.1 Å². The molecule has 2 aliphatic heterocycles. The van der Waals surface area contributed by atoms with Crippen molar-refractivity contribution in [2.24, 2.45) is 5.92 Å². The number of fused-ring (bicyclic) bond motifs is 1. The first-order valence-corrected chi connectivity index (χ1v) is 5.33. The van der Waals surface area contributed by atoms with Crippen LogP contribution in [0.3, 0.4) is 0 Å². The second-order valence-corrected chi connectivity index (χ2v) is 4.54. The Labute approximate surface area is 91.7 Å². The zero-order chi connectivity index (χ0) is 9.05. The van der Waals surface area contributed by atoms with Crippen molar-refractivity contribution in [3.8, 4) is 0 Å². The van der Waals surface area contributed by atoms with E-state index in [1.807, 2.05) is 23.0 Å². The van der Waals surface area contributed by atoms with Gasteiger partial charge in [-0.05, 0) is 0 Å². The van der Waals surface area contributed by atoms with Crippen molar-refractivity contribution in [1.29, 1.82) is 0 Å². The molecule has 0 aromatic carbocycles. The van der Waals surface area contributed by atoms with Crippen LogP contribution in [-0.2, 0) is 12.5 Å². The van der Waals surface area contributed by atoms with E-state index in [4.69, 9.17) is 12.5 Å². The van der Waals surface area contributed by atoms with Crippen LogP contribution in [0.15, 0.2) is 0 Å². The van der Waals surface area contributed by atoms with E-state index in [9.17, 15) is 0 Å². The third kappa shape index (κ3) is 0.939. The summed E-state index contributed by atoms with van der Waals surface area (Å²) in [6, 6.07) is 0.304. The van der Waals surface area contributed by atoms with Gasteiger partial charge in [0.25, 0.3) is 0 Å². The standard InChI is InChI=1S/C8H10BIO3/c1-11-3-8-2-4-5(6(8)13-10)7(9-4)12-8/h5-7H,2-3H2,1H3/t5?,6?,7-,8+/m1/s1. The molecular weight excluding hydrogens is 282 g/mol. The molecule has 0 aromatic rings. The zero-order valence-electron chi connectivity index (χ0n) is 7.33. The fourth-order valence-electron chi connectivity index (χ4n) is 2.87. The topological polar surface area (TPSA) is 27.7 Å². The molecule has 2 heterocycles. The molecule has 0 N–H and O–H groups in total. The van der Waals surface area contributed by atoms with Crippen LogP contribution in [0.5, 0.6) is 0 Å². The summed E-state index contributed by atoms with van der Waals surface area (Å²) in [7, 11) is 1.72. The first-order valence-electron chi connectivity index (χ1n) is 4.45. The van der Waals surface area contributed by atoms with Crippen LogP contribution in [0, 0.1) is 5.92 Å². The molecule has 0 aromatic heterocycles. The number of hydrogen-bond donors (Lipinski definition) is 0. The van der Waals surface area contributed by atoms with E-state index in [-0.39, 0.29) is 11.7 Å². The molecule has 2 bridgehead atoms. The third-order valence-corrected chi connectivity index (χ3v) is 3.91. The number of rotatable bonds is 3. The Bertz CT molecular complexity index is 283. The van der Waals surface area contributed by atoms with Gasteiger partial charge in [0.2, 0.25) is 0 Å². The average molecular weight is 292 g/mol. The summed E-state index contributed by atoms with van der Waals surface area (Å²) in [4.78, 5) is 0. The SMILES string of the molecule is COC[C@]12CC3=B[C@H](O1)C3C2OI. The third-order valence-electron chi connectivity index (χ3n) is 3.36. The molecular formula is C8H10BIO3. The molecule has 3 aliphatic rings. The minimum atomic E-state index is -0.171. The molecule has 1 saturated carbocycles. The van der Waals surface area contributed by atoms with Gasteiger partial charge in [-0.3, -0.25) is 0 Å².